The van der Waals surface area contributed by atoms with Crippen molar-refractivity contribution in [3.63, 3.8) is 0 Å². The largest absolute Gasteiger partial charge is 0.484 e. The molecule has 3 aromatic rings. The molecule has 1 unspecified atom stereocenters. The molecule has 2 aromatic carbocycles. The number of carbonyl (C=O) groups is 2. The number of likely N-dealkylation sites (tertiary alicyclic amines) is 1. The van der Waals surface area contributed by atoms with Crippen LogP contribution < -0.4 is 10.1 Å². The Morgan fingerprint density at radius 2 is 2.00 bits per heavy atom. The van der Waals surface area contributed by atoms with E-state index in [1.54, 1.807) is 0 Å². The zero-order valence-electron chi connectivity index (χ0n) is 18.1. The molecule has 1 fully saturated rings. The number of aromatic amines is 1. The molecule has 2 amide bonds. The van der Waals surface area contributed by atoms with Crippen molar-refractivity contribution in [1.29, 1.82) is 0 Å². The average Bonchev–Trinajstić information content (AvgIpc) is 3.33. The summed E-state index contributed by atoms with van der Waals surface area (Å²) in [5.41, 5.74) is 1.50. The summed E-state index contributed by atoms with van der Waals surface area (Å²) < 4.78 is 5.66. The Morgan fingerprint density at radius 3 is 2.81 bits per heavy atom. The lowest BCUT2D eigenvalue weighted by Crippen LogP contribution is -2.41. The van der Waals surface area contributed by atoms with Gasteiger partial charge in [0.05, 0.1) is 6.04 Å². The van der Waals surface area contributed by atoms with Crippen LogP contribution in [0, 0.1) is 0 Å². The predicted molar refractivity (Wildman–Crippen MR) is 121 cm³/mol. The highest BCUT2D eigenvalue weighted by molar-refractivity contribution is 5.91. The lowest BCUT2D eigenvalue weighted by molar-refractivity contribution is -0.137. The Hall–Kier alpha value is -3.68. The van der Waals surface area contributed by atoms with Crippen molar-refractivity contribution in [1.82, 2.24) is 20.1 Å². The lowest BCUT2D eigenvalue weighted by atomic mass is 10.0. The second-order valence-corrected chi connectivity index (χ2v) is 7.73. The molecule has 166 valence electrons. The Morgan fingerprint density at radius 1 is 1.16 bits per heavy atom. The van der Waals surface area contributed by atoms with E-state index in [2.05, 4.69) is 20.5 Å². The highest BCUT2D eigenvalue weighted by Gasteiger charge is 2.30. The molecule has 1 atom stereocenters. The van der Waals surface area contributed by atoms with E-state index in [-0.39, 0.29) is 24.5 Å². The minimum Gasteiger partial charge on any atom is -0.484 e. The SMILES string of the molecule is CCC(=O)Nc1cccc(-c2n[nH]c(C3CCCCN3C(=O)COc3ccccc3)n2)c1. The number of piperidine rings is 1. The van der Waals surface area contributed by atoms with Gasteiger partial charge in [0.2, 0.25) is 5.91 Å². The van der Waals surface area contributed by atoms with Crippen LogP contribution in [0.4, 0.5) is 5.69 Å². The summed E-state index contributed by atoms with van der Waals surface area (Å²) in [6.45, 7) is 2.46. The van der Waals surface area contributed by atoms with Gasteiger partial charge in [-0.3, -0.25) is 14.7 Å². The molecule has 8 heteroatoms. The smallest absolute Gasteiger partial charge is 0.261 e. The number of hydrogen-bond donors (Lipinski definition) is 2. The number of ether oxygens (including phenoxy) is 1. The number of para-hydroxylation sites is 1. The number of nitrogens with one attached hydrogen (secondary N) is 2. The zero-order chi connectivity index (χ0) is 22.3. The van der Waals surface area contributed by atoms with Gasteiger partial charge in [-0.25, -0.2) is 4.98 Å². The number of benzene rings is 2. The van der Waals surface area contributed by atoms with Crippen molar-refractivity contribution in [2.45, 2.75) is 38.6 Å². The number of anilines is 1. The van der Waals surface area contributed by atoms with Gasteiger partial charge in [-0.15, -0.1) is 0 Å². The number of carbonyl (C=O) groups excluding carboxylic acids is 2. The van der Waals surface area contributed by atoms with E-state index in [1.165, 1.54) is 0 Å². The Labute approximate surface area is 187 Å². The highest BCUT2D eigenvalue weighted by Crippen LogP contribution is 2.30. The molecular formula is C24H27N5O3. The van der Waals surface area contributed by atoms with Gasteiger partial charge in [-0.05, 0) is 43.5 Å². The van der Waals surface area contributed by atoms with Crippen LogP contribution in [0.15, 0.2) is 54.6 Å². The zero-order valence-corrected chi connectivity index (χ0v) is 18.1. The van der Waals surface area contributed by atoms with E-state index in [1.807, 2.05) is 66.4 Å². The predicted octanol–water partition coefficient (Wildman–Crippen LogP) is 3.95. The van der Waals surface area contributed by atoms with E-state index < -0.39 is 0 Å². The number of rotatable bonds is 7. The van der Waals surface area contributed by atoms with Gasteiger partial charge in [-0.2, -0.15) is 5.10 Å². The molecule has 4 rings (SSSR count). The molecule has 32 heavy (non-hydrogen) atoms. The first kappa shape index (κ1) is 21.5. The van der Waals surface area contributed by atoms with Crippen molar-refractivity contribution in [3.05, 3.63) is 60.4 Å². The highest BCUT2D eigenvalue weighted by atomic mass is 16.5. The summed E-state index contributed by atoms with van der Waals surface area (Å²) in [6, 6.07) is 16.6. The van der Waals surface area contributed by atoms with E-state index in [9.17, 15) is 9.59 Å². The van der Waals surface area contributed by atoms with Crippen LogP contribution in [0.5, 0.6) is 5.75 Å². The first-order valence-electron chi connectivity index (χ1n) is 10.9. The fourth-order valence-electron chi connectivity index (χ4n) is 3.80. The Bertz CT molecular complexity index is 1070. The molecular weight excluding hydrogens is 406 g/mol. The maximum atomic E-state index is 12.9. The molecule has 1 aromatic heterocycles. The summed E-state index contributed by atoms with van der Waals surface area (Å²) >= 11 is 0. The number of hydrogen-bond acceptors (Lipinski definition) is 5. The van der Waals surface area contributed by atoms with E-state index in [4.69, 9.17) is 4.74 Å². The minimum absolute atomic E-state index is 0.0132. The quantitative estimate of drug-likeness (QED) is 0.588. The molecule has 0 bridgehead atoms. The normalized spacial score (nSPS) is 15.9. The van der Waals surface area contributed by atoms with Crippen LogP contribution in [0.2, 0.25) is 0 Å². The Balaban J connectivity index is 1.47. The average molecular weight is 434 g/mol. The topological polar surface area (TPSA) is 100 Å². The number of amides is 2. The molecule has 0 spiro atoms. The molecule has 8 nitrogen and oxygen atoms in total. The van der Waals surface area contributed by atoms with Crippen LogP contribution >= 0.6 is 0 Å². The molecule has 2 heterocycles. The van der Waals surface area contributed by atoms with Crippen molar-refractivity contribution < 1.29 is 14.3 Å². The summed E-state index contributed by atoms with van der Waals surface area (Å²) in [6.07, 6.45) is 3.20. The molecule has 1 aliphatic rings. The van der Waals surface area contributed by atoms with E-state index in [0.29, 0.717) is 36.1 Å². The fourth-order valence-corrected chi connectivity index (χ4v) is 3.80. The minimum atomic E-state index is -0.167. The van der Waals surface area contributed by atoms with Crippen molar-refractivity contribution >= 4 is 17.5 Å². The van der Waals surface area contributed by atoms with Crippen molar-refractivity contribution in [3.8, 4) is 17.1 Å². The second-order valence-electron chi connectivity index (χ2n) is 7.73. The van der Waals surface area contributed by atoms with Gasteiger partial charge in [0.1, 0.15) is 11.6 Å². The maximum Gasteiger partial charge on any atom is 0.261 e. The third-order valence-corrected chi connectivity index (χ3v) is 5.47. The summed E-state index contributed by atoms with van der Waals surface area (Å²) in [5.74, 6) is 1.75. The maximum absolute atomic E-state index is 12.9. The van der Waals surface area contributed by atoms with Crippen LogP contribution in [0.1, 0.15) is 44.5 Å². The monoisotopic (exact) mass is 433 g/mol. The molecule has 1 aliphatic heterocycles. The number of H-pyrrole nitrogens is 1. The molecule has 1 saturated heterocycles. The van der Waals surface area contributed by atoms with E-state index >= 15 is 0 Å². The van der Waals surface area contributed by atoms with Crippen LogP contribution in [0.25, 0.3) is 11.4 Å². The standard InChI is InChI=1S/C24H27N5O3/c1-2-21(30)25-18-10-8-9-17(15-18)23-26-24(28-27-23)20-13-6-7-14-29(20)22(31)16-32-19-11-4-3-5-12-19/h3-5,8-12,15,20H,2,6-7,13-14,16H2,1H3,(H,25,30)(H,26,27,28). The third-order valence-electron chi connectivity index (χ3n) is 5.47. The van der Waals surface area contributed by atoms with Gasteiger partial charge in [-0.1, -0.05) is 37.3 Å². The molecule has 0 radical (unpaired) electrons. The van der Waals surface area contributed by atoms with Crippen LogP contribution in [0.3, 0.4) is 0 Å². The van der Waals surface area contributed by atoms with Crippen LogP contribution in [-0.2, 0) is 9.59 Å². The van der Waals surface area contributed by atoms with E-state index in [0.717, 1.165) is 24.8 Å². The Kier molecular flexibility index (Phi) is 6.79. The number of nitrogens with zero attached hydrogens (tertiary/aromatic N) is 3. The fraction of sp³-hybridized carbons (Fsp3) is 0.333. The number of aromatic nitrogens is 3. The van der Waals surface area contributed by atoms with Crippen LogP contribution in [-0.4, -0.2) is 45.0 Å². The molecule has 0 aliphatic carbocycles. The molecule has 0 saturated carbocycles. The van der Waals surface area contributed by atoms with Gasteiger partial charge in [0, 0.05) is 24.2 Å². The summed E-state index contributed by atoms with van der Waals surface area (Å²) in [7, 11) is 0. The third kappa shape index (κ3) is 5.14. The first-order valence-corrected chi connectivity index (χ1v) is 10.9. The molecule has 2 N–H and O–H groups in total. The second kappa shape index (κ2) is 10.1. The van der Waals surface area contributed by atoms with Crippen molar-refractivity contribution in [2.24, 2.45) is 0 Å². The van der Waals surface area contributed by atoms with Gasteiger partial charge in [0.15, 0.2) is 12.4 Å². The van der Waals surface area contributed by atoms with Gasteiger partial charge < -0.3 is 15.0 Å². The summed E-state index contributed by atoms with van der Waals surface area (Å²) in [4.78, 5) is 31.1. The van der Waals surface area contributed by atoms with Gasteiger partial charge in [0.25, 0.3) is 5.91 Å². The van der Waals surface area contributed by atoms with Crippen molar-refractivity contribution in [2.75, 3.05) is 18.5 Å². The first-order chi connectivity index (χ1) is 15.6. The van der Waals surface area contributed by atoms with Gasteiger partial charge >= 0.3 is 0 Å². The summed E-state index contributed by atoms with van der Waals surface area (Å²) in [5, 5.41) is 10.2. The lowest BCUT2D eigenvalue weighted by Gasteiger charge is -2.34.